The van der Waals surface area contributed by atoms with E-state index in [4.69, 9.17) is 0 Å². The van der Waals surface area contributed by atoms with Gasteiger partial charge in [-0.3, -0.25) is 4.79 Å². The van der Waals surface area contributed by atoms with Crippen LogP contribution in [-0.2, 0) is 4.79 Å². The number of hydrogen-bond donors (Lipinski definition) is 1. The summed E-state index contributed by atoms with van der Waals surface area (Å²) in [5.41, 5.74) is 0. The van der Waals surface area contributed by atoms with Crippen molar-refractivity contribution in [2.45, 2.75) is 83.2 Å². The molecule has 3 unspecified atom stereocenters. The first-order valence-electron chi connectivity index (χ1n) is 9.27. The summed E-state index contributed by atoms with van der Waals surface area (Å²) in [5, 5.41) is 3.28. The summed E-state index contributed by atoms with van der Waals surface area (Å²) in [7, 11) is 0. The molecule has 0 spiro atoms. The second kappa shape index (κ2) is 7.13. The van der Waals surface area contributed by atoms with Crippen LogP contribution in [0.25, 0.3) is 0 Å². The lowest BCUT2D eigenvalue weighted by atomic mass is 9.76. The van der Waals surface area contributed by atoms with Crippen molar-refractivity contribution in [2.75, 3.05) is 13.1 Å². The molecule has 2 saturated heterocycles. The lowest BCUT2D eigenvalue weighted by molar-refractivity contribution is -0.122. The molecule has 1 aliphatic carbocycles. The monoisotopic (exact) mass is 292 g/mol. The molecule has 21 heavy (non-hydrogen) atoms. The molecule has 3 aliphatic rings. The molecule has 3 fully saturated rings. The maximum Gasteiger partial charge on any atom is 0.220 e. The largest absolute Gasteiger partial charge is 0.353 e. The topological polar surface area (TPSA) is 32.3 Å². The van der Waals surface area contributed by atoms with Crippen molar-refractivity contribution in [3.8, 4) is 0 Å². The van der Waals surface area contributed by atoms with Crippen LogP contribution in [0.2, 0.25) is 0 Å². The van der Waals surface area contributed by atoms with Crippen molar-refractivity contribution in [1.29, 1.82) is 0 Å². The fraction of sp³-hybridized carbons (Fsp3) is 0.944. The summed E-state index contributed by atoms with van der Waals surface area (Å²) < 4.78 is 0. The molecular formula is C18H32N2O. The van der Waals surface area contributed by atoms with Crippen molar-refractivity contribution >= 4 is 5.91 Å². The Labute approximate surface area is 129 Å². The number of hydrogen-bond acceptors (Lipinski definition) is 2. The molecule has 2 bridgehead atoms. The fourth-order valence-corrected chi connectivity index (χ4v) is 4.83. The van der Waals surface area contributed by atoms with Crippen LogP contribution in [-0.4, -0.2) is 36.0 Å². The molecule has 1 amide bonds. The summed E-state index contributed by atoms with van der Waals surface area (Å²) in [6.45, 7) is 4.87. The van der Waals surface area contributed by atoms with E-state index in [1.54, 1.807) is 0 Å². The van der Waals surface area contributed by atoms with E-state index < -0.39 is 0 Å². The Hall–Kier alpha value is -0.570. The highest BCUT2D eigenvalue weighted by atomic mass is 16.1. The number of carbonyl (C=O) groups excluding carboxylic acids is 1. The number of rotatable bonds is 0. The van der Waals surface area contributed by atoms with Crippen LogP contribution in [0.5, 0.6) is 0 Å². The van der Waals surface area contributed by atoms with Gasteiger partial charge in [-0.2, -0.15) is 0 Å². The normalized spacial score (nSPS) is 39.6. The first-order valence-corrected chi connectivity index (χ1v) is 9.27. The first kappa shape index (κ1) is 15.3. The fourth-order valence-electron chi connectivity index (χ4n) is 4.83. The average molecular weight is 292 g/mol. The number of amides is 1. The average Bonchev–Trinajstić information content (AvgIpc) is 2.88. The van der Waals surface area contributed by atoms with Gasteiger partial charge in [0.25, 0.3) is 0 Å². The highest BCUT2D eigenvalue weighted by Gasteiger charge is 2.40. The number of carbonyl (C=O) groups is 1. The van der Waals surface area contributed by atoms with Gasteiger partial charge in [0.15, 0.2) is 0 Å². The van der Waals surface area contributed by atoms with E-state index in [0.29, 0.717) is 12.0 Å². The SMILES string of the molecule is C[C@H]1NC(=O)CCCCCCCN2CCC3CCC1CC32. The Kier molecular flexibility index (Phi) is 5.20. The molecule has 4 atom stereocenters. The Balaban J connectivity index is 1.65. The lowest BCUT2D eigenvalue weighted by Crippen LogP contribution is -2.45. The van der Waals surface area contributed by atoms with Gasteiger partial charge in [-0.15, -0.1) is 0 Å². The molecule has 0 aromatic heterocycles. The summed E-state index contributed by atoms with van der Waals surface area (Å²) in [6.07, 6.45) is 12.4. The summed E-state index contributed by atoms with van der Waals surface area (Å²) >= 11 is 0. The molecule has 1 N–H and O–H groups in total. The molecule has 0 aromatic carbocycles. The quantitative estimate of drug-likeness (QED) is 0.742. The number of fused-ring (bicyclic) bond motifs is 1. The molecule has 3 heteroatoms. The van der Waals surface area contributed by atoms with Gasteiger partial charge in [0.1, 0.15) is 0 Å². The van der Waals surface area contributed by atoms with Gasteiger partial charge < -0.3 is 10.2 Å². The first-order chi connectivity index (χ1) is 10.2. The van der Waals surface area contributed by atoms with Crippen LogP contribution < -0.4 is 5.32 Å². The zero-order valence-electron chi connectivity index (χ0n) is 13.7. The molecule has 2 heterocycles. The van der Waals surface area contributed by atoms with E-state index in [2.05, 4.69) is 17.1 Å². The van der Waals surface area contributed by atoms with Gasteiger partial charge in [-0.05, 0) is 70.4 Å². The van der Waals surface area contributed by atoms with Gasteiger partial charge in [0.05, 0.1) is 0 Å². The Morgan fingerprint density at radius 1 is 0.952 bits per heavy atom. The predicted molar refractivity (Wildman–Crippen MR) is 86.1 cm³/mol. The summed E-state index contributed by atoms with van der Waals surface area (Å²) in [5.74, 6) is 1.92. The second-order valence-electron chi connectivity index (χ2n) is 7.60. The standard InChI is InChI=1S/C18H32N2O/c1-14-16-9-8-15-10-12-20(17(15)13-16)11-6-4-2-3-5-7-18(21)19-14/h14-17H,2-13H2,1H3,(H,19,21)/t14-,15?,16?,17?/m1/s1. The number of nitrogens with zero attached hydrogens (tertiary/aromatic N) is 1. The second-order valence-corrected chi connectivity index (χ2v) is 7.60. The van der Waals surface area contributed by atoms with E-state index in [1.165, 1.54) is 64.5 Å². The molecular weight excluding hydrogens is 260 g/mol. The van der Waals surface area contributed by atoms with Crippen molar-refractivity contribution in [1.82, 2.24) is 10.2 Å². The highest BCUT2D eigenvalue weighted by molar-refractivity contribution is 5.76. The third kappa shape index (κ3) is 3.80. The predicted octanol–water partition coefficient (Wildman–Crippen LogP) is 3.34. The molecule has 0 aromatic rings. The van der Waals surface area contributed by atoms with Crippen LogP contribution in [0.15, 0.2) is 0 Å². The van der Waals surface area contributed by atoms with Gasteiger partial charge in [-0.1, -0.05) is 19.3 Å². The van der Waals surface area contributed by atoms with Crippen LogP contribution in [0.1, 0.15) is 71.1 Å². The van der Waals surface area contributed by atoms with Crippen molar-refractivity contribution in [3.63, 3.8) is 0 Å². The molecule has 3 nitrogen and oxygen atoms in total. The Bertz CT molecular complexity index is 357. The maximum absolute atomic E-state index is 12.0. The minimum Gasteiger partial charge on any atom is -0.353 e. The van der Waals surface area contributed by atoms with E-state index >= 15 is 0 Å². The van der Waals surface area contributed by atoms with E-state index in [0.717, 1.165) is 24.8 Å². The van der Waals surface area contributed by atoms with Crippen molar-refractivity contribution in [2.24, 2.45) is 11.8 Å². The van der Waals surface area contributed by atoms with E-state index in [-0.39, 0.29) is 5.91 Å². The maximum atomic E-state index is 12.0. The van der Waals surface area contributed by atoms with Crippen molar-refractivity contribution in [3.05, 3.63) is 0 Å². The smallest absolute Gasteiger partial charge is 0.220 e. The van der Waals surface area contributed by atoms with Gasteiger partial charge in [0.2, 0.25) is 5.91 Å². The highest BCUT2D eigenvalue weighted by Crippen LogP contribution is 2.40. The minimum absolute atomic E-state index is 0.282. The third-order valence-corrected chi connectivity index (χ3v) is 6.20. The van der Waals surface area contributed by atoms with Crippen LogP contribution in [0.4, 0.5) is 0 Å². The Morgan fingerprint density at radius 2 is 1.71 bits per heavy atom. The third-order valence-electron chi connectivity index (χ3n) is 6.20. The van der Waals surface area contributed by atoms with Crippen LogP contribution >= 0.6 is 0 Å². The minimum atomic E-state index is 0.282. The molecule has 3 rings (SSSR count). The van der Waals surface area contributed by atoms with Crippen LogP contribution in [0.3, 0.4) is 0 Å². The zero-order valence-corrected chi connectivity index (χ0v) is 13.7. The summed E-state index contributed by atoms with van der Waals surface area (Å²) in [4.78, 5) is 14.8. The van der Waals surface area contributed by atoms with Crippen molar-refractivity contribution < 1.29 is 4.79 Å². The lowest BCUT2D eigenvalue weighted by Gasteiger charge is -2.39. The van der Waals surface area contributed by atoms with E-state index in [1.807, 2.05) is 0 Å². The van der Waals surface area contributed by atoms with Gasteiger partial charge in [0, 0.05) is 18.5 Å². The Morgan fingerprint density at radius 3 is 2.62 bits per heavy atom. The van der Waals surface area contributed by atoms with Gasteiger partial charge in [-0.25, -0.2) is 0 Å². The van der Waals surface area contributed by atoms with E-state index in [9.17, 15) is 4.79 Å². The molecule has 2 aliphatic heterocycles. The number of nitrogens with one attached hydrogen (secondary N) is 1. The van der Waals surface area contributed by atoms with Gasteiger partial charge >= 0.3 is 0 Å². The van der Waals surface area contributed by atoms with Crippen LogP contribution in [0, 0.1) is 11.8 Å². The zero-order chi connectivity index (χ0) is 14.7. The molecule has 120 valence electrons. The molecule has 0 radical (unpaired) electrons. The molecule has 1 saturated carbocycles. The summed E-state index contributed by atoms with van der Waals surface area (Å²) in [6, 6.07) is 1.18.